The highest BCUT2D eigenvalue weighted by Gasteiger charge is 2.19. The van der Waals surface area contributed by atoms with E-state index in [1.165, 1.54) is 0 Å². The molecular weight excluding hydrogens is 220 g/mol. The van der Waals surface area contributed by atoms with Crippen LogP contribution in [-0.4, -0.2) is 12.6 Å². The lowest BCUT2D eigenvalue weighted by molar-refractivity contribution is -0.487. The lowest BCUT2D eigenvalue weighted by Crippen LogP contribution is -2.18. The summed E-state index contributed by atoms with van der Waals surface area (Å²) in [6.07, 6.45) is 7.05. The molecule has 0 aromatic carbocycles. The van der Waals surface area contributed by atoms with Crippen molar-refractivity contribution < 1.29 is 19.6 Å². The Morgan fingerprint density at radius 2 is 2.00 bits per heavy atom. The monoisotopic (exact) mass is 244 g/mol. The van der Waals surface area contributed by atoms with E-state index in [0.717, 1.165) is 32.1 Å². The lowest BCUT2D eigenvalue weighted by atomic mass is 9.99. The predicted octanol–water partition coefficient (Wildman–Crippen LogP) is 3.58. The molecule has 1 atom stereocenters. The van der Waals surface area contributed by atoms with E-state index >= 15 is 0 Å². The highest BCUT2D eigenvalue weighted by atomic mass is 17.5. The van der Waals surface area contributed by atoms with E-state index in [1.807, 2.05) is 6.92 Å². The van der Waals surface area contributed by atoms with E-state index in [1.54, 1.807) is 6.08 Å². The van der Waals surface area contributed by atoms with Gasteiger partial charge in [-0.3, -0.25) is 4.89 Å². The minimum absolute atomic E-state index is 0.178. The average Bonchev–Trinajstić information content (AvgIpc) is 2.34. The Labute approximate surface area is 104 Å². The number of carbonyl (C=O) groups excluding carboxylic acids is 1. The second-order valence-electron chi connectivity index (χ2n) is 4.01. The first kappa shape index (κ1) is 16.1. The standard InChI is InChI=1S/C13H24O4/c1-4-7-10-12(9-6-3)13(14)16-17-15-11-8-5-2/h6,12H,3-5,7-11H2,1-2H3. The Kier molecular flexibility index (Phi) is 11.0. The number of unbranched alkanes of at least 4 members (excludes halogenated alkanes) is 2. The largest absolute Gasteiger partial charge is 0.349 e. The SMILES string of the molecule is C=CCC(CCCC)C(=O)OOOCCCC. The van der Waals surface area contributed by atoms with Crippen LogP contribution in [0.25, 0.3) is 0 Å². The molecule has 0 saturated heterocycles. The van der Waals surface area contributed by atoms with Gasteiger partial charge < -0.3 is 0 Å². The molecule has 4 heteroatoms. The molecule has 0 aromatic heterocycles. The van der Waals surface area contributed by atoms with Gasteiger partial charge in [0.2, 0.25) is 0 Å². The summed E-state index contributed by atoms with van der Waals surface area (Å²) in [4.78, 5) is 20.9. The Morgan fingerprint density at radius 1 is 1.29 bits per heavy atom. The molecule has 1 unspecified atom stereocenters. The minimum atomic E-state index is -0.380. The van der Waals surface area contributed by atoms with Crippen molar-refractivity contribution in [3.05, 3.63) is 12.7 Å². The van der Waals surface area contributed by atoms with Crippen molar-refractivity contribution in [1.29, 1.82) is 0 Å². The van der Waals surface area contributed by atoms with Gasteiger partial charge in [0.25, 0.3) is 0 Å². The van der Waals surface area contributed by atoms with E-state index in [0.29, 0.717) is 13.0 Å². The molecule has 17 heavy (non-hydrogen) atoms. The number of rotatable bonds is 11. The summed E-state index contributed by atoms with van der Waals surface area (Å²) in [5, 5.41) is 4.42. The summed E-state index contributed by atoms with van der Waals surface area (Å²) in [6.45, 7) is 8.19. The molecule has 0 aliphatic heterocycles. The molecule has 0 aliphatic rings. The zero-order valence-electron chi connectivity index (χ0n) is 10.9. The van der Waals surface area contributed by atoms with Crippen molar-refractivity contribution in [1.82, 2.24) is 0 Å². The van der Waals surface area contributed by atoms with Crippen LogP contribution in [0, 0.1) is 5.92 Å². The van der Waals surface area contributed by atoms with E-state index < -0.39 is 0 Å². The fourth-order valence-corrected chi connectivity index (χ4v) is 1.35. The maximum Gasteiger partial charge on any atom is 0.349 e. The van der Waals surface area contributed by atoms with Gasteiger partial charge in [0.05, 0.1) is 12.5 Å². The molecule has 0 aromatic rings. The summed E-state index contributed by atoms with van der Waals surface area (Å²) in [6, 6.07) is 0. The summed E-state index contributed by atoms with van der Waals surface area (Å²) in [5.41, 5.74) is 0. The van der Waals surface area contributed by atoms with Crippen LogP contribution < -0.4 is 0 Å². The van der Waals surface area contributed by atoms with Gasteiger partial charge in [-0.05, 0) is 24.3 Å². The molecule has 0 radical (unpaired) electrons. The fraction of sp³-hybridized carbons (Fsp3) is 0.769. The van der Waals surface area contributed by atoms with Crippen LogP contribution in [0.15, 0.2) is 12.7 Å². The van der Waals surface area contributed by atoms with Gasteiger partial charge >= 0.3 is 5.97 Å². The molecule has 4 nitrogen and oxygen atoms in total. The number of hydrogen-bond donors (Lipinski definition) is 0. The first-order valence-electron chi connectivity index (χ1n) is 6.37. The molecule has 0 aliphatic carbocycles. The summed E-state index contributed by atoms with van der Waals surface area (Å²) >= 11 is 0. The van der Waals surface area contributed by atoms with Crippen LogP contribution in [0.5, 0.6) is 0 Å². The lowest BCUT2D eigenvalue weighted by Gasteiger charge is -2.11. The van der Waals surface area contributed by atoms with Gasteiger partial charge in [-0.2, -0.15) is 4.89 Å². The van der Waals surface area contributed by atoms with Crippen molar-refractivity contribution >= 4 is 5.97 Å². The summed E-state index contributed by atoms with van der Waals surface area (Å²) < 4.78 is 0. The third-order valence-corrected chi connectivity index (χ3v) is 2.44. The molecule has 0 saturated carbocycles. The van der Waals surface area contributed by atoms with Crippen molar-refractivity contribution in [2.45, 2.75) is 52.4 Å². The van der Waals surface area contributed by atoms with Crippen LogP contribution in [0.1, 0.15) is 52.4 Å². The molecule has 0 heterocycles. The Bertz CT molecular complexity index is 204. The number of allylic oxidation sites excluding steroid dienone is 1. The molecule has 100 valence electrons. The average molecular weight is 244 g/mol. The Morgan fingerprint density at radius 3 is 2.59 bits per heavy atom. The summed E-state index contributed by atoms with van der Waals surface area (Å²) in [7, 11) is 0. The Hall–Kier alpha value is -0.870. The van der Waals surface area contributed by atoms with E-state index in [9.17, 15) is 4.79 Å². The molecule has 0 spiro atoms. The van der Waals surface area contributed by atoms with Gasteiger partial charge in [-0.15, -0.1) is 6.58 Å². The molecule has 0 amide bonds. The van der Waals surface area contributed by atoms with Crippen molar-refractivity contribution in [2.24, 2.45) is 5.92 Å². The van der Waals surface area contributed by atoms with E-state index in [4.69, 9.17) is 4.89 Å². The molecular formula is C13H24O4. The van der Waals surface area contributed by atoms with Gasteiger partial charge in [0, 0.05) is 0 Å². The first-order chi connectivity index (χ1) is 8.26. The third kappa shape index (κ3) is 8.89. The predicted molar refractivity (Wildman–Crippen MR) is 65.9 cm³/mol. The smallest absolute Gasteiger partial charge is 0.269 e. The first-order valence-corrected chi connectivity index (χ1v) is 6.37. The highest BCUT2D eigenvalue weighted by molar-refractivity contribution is 5.71. The van der Waals surface area contributed by atoms with Gasteiger partial charge in [-0.1, -0.05) is 39.2 Å². The molecule has 0 bridgehead atoms. The normalized spacial score (nSPS) is 12.1. The fourth-order valence-electron chi connectivity index (χ4n) is 1.35. The van der Waals surface area contributed by atoms with E-state index in [-0.39, 0.29) is 11.9 Å². The van der Waals surface area contributed by atoms with Crippen molar-refractivity contribution in [3.8, 4) is 0 Å². The quantitative estimate of drug-likeness (QED) is 0.241. The van der Waals surface area contributed by atoms with Crippen molar-refractivity contribution in [3.63, 3.8) is 0 Å². The van der Waals surface area contributed by atoms with Crippen LogP contribution in [0.3, 0.4) is 0 Å². The summed E-state index contributed by atoms with van der Waals surface area (Å²) in [5.74, 6) is -0.558. The highest BCUT2D eigenvalue weighted by Crippen LogP contribution is 2.15. The van der Waals surface area contributed by atoms with Gasteiger partial charge in [0.15, 0.2) is 0 Å². The number of carbonyl (C=O) groups is 1. The van der Waals surface area contributed by atoms with Crippen LogP contribution >= 0.6 is 0 Å². The van der Waals surface area contributed by atoms with Crippen LogP contribution in [0.4, 0.5) is 0 Å². The minimum Gasteiger partial charge on any atom is -0.269 e. The van der Waals surface area contributed by atoms with E-state index in [2.05, 4.69) is 23.4 Å². The van der Waals surface area contributed by atoms with Gasteiger partial charge in [-0.25, -0.2) is 4.79 Å². The van der Waals surface area contributed by atoms with Crippen LogP contribution in [0.2, 0.25) is 0 Å². The molecule has 0 fully saturated rings. The van der Waals surface area contributed by atoms with Crippen LogP contribution in [-0.2, 0) is 19.6 Å². The molecule has 0 rings (SSSR count). The maximum absolute atomic E-state index is 11.6. The zero-order chi connectivity index (χ0) is 12.9. The van der Waals surface area contributed by atoms with Crippen molar-refractivity contribution in [2.75, 3.05) is 6.61 Å². The Balaban J connectivity index is 3.76. The molecule has 0 N–H and O–H groups in total. The third-order valence-electron chi connectivity index (χ3n) is 2.44. The second-order valence-corrected chi connectivity index (χ2v) is 4.01. The zero-order valence-corrected chi connectivity index (χ0v) is 10.9. The topological polar surface area (TPSA) is 44.8 Å². The maximum atomic E-state index is 11.6. The second kappa shape index (κ2) is 11.6. The van der Waals surface area contributed by atoms with Gasteiger partial charge in [0.1, 0.15) is 0 Å². The number of hydrogen-bond acceptors (Lipinski definition) is 4.